The van der Waals surface area contributed by atoms with E-state index >= 15 is 0 Å². The van der Waals surface area contributed by atoms with Gasteiger partial charge in [-0.3, -0.25) is 19.0 Å². The van der Waals surface area contributed by atoms with Gasteiger partial charge in [0.15, 0.2) is 5.16 Å². The Morgan fingerprint density at radius 3 is 2.67 bits per heavy atom. The molecule has 2 heterocycles. The smallest absolute Gasteiger partial charge is 0.310 e. The van der Waals surface area contributed by atoms with Crippen LogP contribution in [0.1, 0.15) is 43.5 Å². The van der Waals surface area contributed by atoms with Crippen LogP contribution in [0, 0.1) is 18.7 Å². The van der Waals surface area contributed by atoms with Gasteiger partial charge >= 0.3 is 5.97 Å². The summed E-state index contributed by atoms with van der Waals surface area (Å²) in [5, 5.41) is -0.00782. The molecule has 1 fully saturated rings. The van der Waals surface area contributed by atoms with Crippen LogP contribution in [0.2, 0.25) is 0 Å². The number of thioether (sulfide) groups is 1. The number of aromatic nitrogens is 2. The van der Waals surface area contributed by atoms with Gasteiger partial charge in [-0.2, -0.15) is 0 Å². The number of rotatable bonds is 7. The Balaban J connectivity index is 1.72. The molecule has 1 aliphatic rings. The molecule has 0 spiro atoms. The minimum atomic E-state index is -0.466. The van der Waals surface area contributed by atoms with Crippen molar-refractivity contribution in [2.24, 2.45) is 13.0 Å². The Hall–Kier alpha value is -2.68. The maximum Gasteiger partial charge on any atom is 0.310 e. The number of amides is 1. The zero-order valence-electron chi connectivity index (χ0n) is 19.5. The molecule has 0 radical (unpaired) electrons. The summed E-state index contributed by atoms with van der Waals surface area (Å²) in [6, 6.07) is 6.04. The normalized spacial score (nSPS) is 17.0. The molecule has 2 unspecified atom stereocenters. The summed E-state index contributed by atoms with van der Waals surface area (Å²) >= 11 is 1.23. The average Bonchev–Trinajstić information content (AvgIpc) is 2.81. The van der Waals surface area contributed by atoms with Gasteiger partial charge in [0.25, 0.3) is 5.56 Å². The van der Waals surface area contributed by atoms with Gasteiger partial charge in [-0.05, 0) is 51.3 Å². The van der Waals surface area contributed by atoms with Gasteiger partial charge in [-0.1, -0.05) is 23.9 Å². The van der Waals surface area contributed by atoms with Crippen molar-refractivity contribution in [1.29, 1.82) is 0 Å². The molecule has 1 saturated heterocycles. The average molecular weight is 476 g/mol. The molecular formula is C24H30FN3O4S. The van der Waals surface area contributed by atoms with Gasteiger partial charge in [-0.25, -0.2) is 9.37 Å². The Labute approximate surface area is 197 Å². The van der Waals surface area contributed by atoms with E-state index in [1.165, 1.54) is 28.5 Å². The Morgan fingerprint density at radius 1 is 1.30 bits per heavy atom. The maximum atomic E-state index is 13.2. The number of nitrogens with zero attached hydrogens (tertiary/aromatic N) is 3. The molecule has 1 aliphatic heterocycles. The first-order valence-electron chi connectivity index (χ1n) is 11.1. The molecule has 1 amide bonds. The quantitative estimate of drug-likeness (QED) is 0.348. The number of hydrogen-bond donors (Lipinski definition) is 0. The number of aryl methyl sites for hydroxylation is 1. The minimum absolute atomic E-state index is 0.0868. The number of carbonyl (C=O) groups excluding carboxylic acids is 2. The molecule has 2 atom stereocenters. The lowest BCUT2D eigenvalue weighted by molar-refractivity contribution is -0.151. The van der Waals surface area contributed by atoms with E-state index in [1.807, 2.05) is 0 Å². The van der Waals surface area contributed by atoms with Crippen LogP contribution in [0.15, 0.2) is 34.2 Å². The Bertz CT molecular complexity index is 1070. The van der Waals surface area contributed by atoms with Crippen molar-refractivity contribution in [3.8, 4) is 0 Å². The first-order valence-corrected chi connectivity index (χ1v) is 12.0. The van der Waals surface area contributed by atoms with Gasteiger partial charge < -0.3 is 9.64 Å². The summed E-state index contributed by atoms with van der Waals surface area (Å²) in [5.41, 5.74) is 1.77. The zero-order valence-corrected chi connectivity index (χ0v) is 20.3. The third-order valence-electron chi connectivity index (χ3n) is 5.83. The van der Waals surface area contributed by atoms with Crippen LogP contribution < -0.4 is 5.56 Å². The highest BCUT2D eigenvalue weighted by Gasteiger charge is 2.32. The first kappa shape index (κ1) is 25.0. The molecule has 0 bridgehead atoms. The predicted octanol–water partition coefficient (Wildman–Crippen LogP) is 3.10. The fourth-order valence-corrected chi connectivity index (χ4v) is 4.94. The predicted molar refractivity (Wildman–Crippen MR) is 125 cm³/mol. The highest BCUT2D eigenvalue weighted by Crippen LogP contribution is 2.26. The molecule has 2 aromatic rings. The molecule has 9 heteroatoms. The number of esters is 1. The fraction of sp³-hybridized carbons (Fsp3) is 0.500. The number of likely N-dealkylation sites (tertiary alicyclic amines) is 1. The van der Waals surface area contributed by atoms with Crippen LogP contribution in [-0.4, -0.2) is 51.3 Å². The van der Waals surface area contributed by atoms with E-state index in [9.17, 15) is 18.8 Å². The number of hydrogen-bond acceptors (Lipinski definition) is 6. The number of benzene rings is 1. The van der Waals surface area contributed by atoms with E-state index in [2.05, 4.69) is 4.98 Å². The van der Waals surface area contributed by atoms with Crippen LogP contribution >= 0.6 is 11.8 Å². The molecule has 33 heavy (non-hydrogen) atoms. The summed E-state index contributed by atoms with van der Waals surface area (Å²) < 4.78 is 19.8. The third-order valence-corrected chi connectivity index (χ3v) is 6.96. The van der Waals surface area contributed by atoms with Crippen molar-refractivity contribution in [3.63, 3.8) is 0 Å². The summed E-state index contributed by atoms with van der Waals surface area (Å²) in [6.45, 7) is 6.60. The topological polar surface area (TPSA) is 81.5 Å². The second kappa shape index (κ2) is 11.0. The van der Waals surface area contributed by atoms with Gasteiger partial charge in [-0.15, -0.1) is 0 Å². The molecule has 3 rings (SSSR count). The summed E-state index contributed by atoms with van der Waals surface area (Å²) in [4.78, 5) is 44.4. The van der Waals surface area contributed by atoms with E-state index < -0.39 is 5.25 Å². The lowest BCUT2D eigenvalue weighted by Crippen LogP contribution is -2.45. The largest absolute Gasteiger partial charge is 0.466 e. The Kier molecular flexibility index (Phi) is 8.29. The zero-order chi connectivity index (χ0) is 24.1. The number of halogens is 1. The van der Waals surface area contributed by atoms with E-state index in [4.69, 9.17) is 4.74 Å². The van der Waals surface area contributed by atoms with Crippen molar-refractivity contribution >= 4 is 23.6 Å². The molecule has 0 N–H and O–H groups in total. The van der Waals surface area contributed by atoms with Crippen LogP contribution in [-0.2, 0) is 27.8 Å². The number of ether oxygens (including phenoxy) is 1. The van der Waals surface area contributed by atoms with Gasteiger partial charge in [0, 0.05) is 37.8 Å². The van der Waals surface area contributed by atoms with Crippen molar-refractivity contribution in [3.05, 3.63) is 57.3 Å². The third kappa shape index (κ3) is 6.01. The molecule has 1 aromatic carbocycles. The van der Waals surface area contributed by atoms with E-state index in [0.29, 0.717) is 42.5 Å². The van der Waals surface area contributed by atoms with Gasteiger partial charge in [0.1, 0.15) is 5.82 Å². The van der Waals surface area contributed by atoms with E-state index in [1.54, 1.807) is 44.9 Å². The highest BCUT2D eigenvalue weighted by molar-refractivity contribution is 8.00. The SMILES string of the molecule is CCOC(=O)C1CCCN(C(=O)C(C)Sc2nc(C)c(Cc3ccc(F)cc3)c(=O)n2C)C1. The van der Waals surface area contributed by atoms with Crippen molar-refractivity contribution < 1.29 is 18.7 Å². The number of piperidine rings is 1. The fourth-order valence-electron chi connectivity index (χ4n) is 3.94. The molecule has 178 valence electrons. The highest BCUT2D eigenvalue weighted by atomic mass is 32.2. The van der Waals surface area contributed by atoms with Crippen LogP contribution in [0.5, 0.6) is 0 Å². The van der Waals surface area contributed by atoms with Crippen LogP contribution in [0.4, 0.5) is 4.39 Å². The molecule has 7 nitrogen and oxygen atoms in total. The summed E-state index contributed by atoms with van der Waals surface area (Å²) in [6.07, 6.45) is 1.82. The second-order valence-electron chi connectivity index (χ2n) is 8.26. The molecular weight excluding hydrogens is 445 g/mol. The summed E-state index contributed by atoms with van der Waals surface area (Å²) in [5.74, 6) is -0.965. The Morgan fingerprint density at radius 2 is 2.00 bits per heavy atom. The van der Waals surface area contributed by atoms with Gasteiger partial charge in [0.2, 0.25) is 5.91 Å². The van der Waals surface area contributed by atoms with E-state index in [-0.39, 0.29) is 29.2 Å². The lowest BCUT2D eigenvalue weighted by Gasteiger charge is -2.33. The van der Waals surface area contributed by atoms with Crippen molar-refractivity contribution in [2.45, 2.75) is 50.4 Å². The standard InChI is InChI=1S/C24H30FN3O4S/c1-5-32-23(31)18-7-6-12-28(14-18)21(29)16(3)33-24-26-15(2)20(22(30)27(24)4)13-17-8-10-19(25)11-9-17/h8-11,16,18H,5-7,12-14H2,1-4H3. The number of carbonyl (C=O) groups is 2. The van der Waals surface area contributed by atoms with Crippen LogP contribution in [0.3, 0.4) is 0 Å². The first-order chi connectivity index (χ1) is 15.7. The summed E-state index contributed by atoms with van der Waals surface area (Å²) in [7, 11) is 1.64. The minimum Gasteiger partial charge on any atom is -0.466 e. The van der Waals surface area contributed by atoms with Crippen molar-refractivity contribution in [2.75, 3.05) is 19.7 Å². The molecule has 0 aliphatic carbocycles. The van der Waals surface area contributed by atoms with E-state index in [0.717, 1.165) is 18.4 Å². The second-order valence-corrected chi connectivity index (χ2v) is 9.57. The van der Waals surface area contributed by atoms with Crippen LogP contribution in [0.25, 0.3) is 0 Å². The van der Waals surface area contributed by atoms with Crippen molar-refractivity contribution in [1.82, 2.24) is 14.5 Å². The molecule has 0 saturated carbocycles. The lowest BCUT2D eigenvalue weighted by atomic mass is 9.98. The molecule has 1 aromatic heterocycles. The maximum absolute atomic E-state index is 13.2. The monoisotopic (exact) mass is 475 g/mol. The van der Waals surface area contributed by atoms with Gasteiger partial charge in [0.05, 0.1) is 17.8 Å².